The number of hydrogen-bond acceptors (Lipinski definition) is 2. The van der Waals surface area contributed by atoms with Crippen molar-refractivity contribution in [3.8, 4) is 5.75 Å². The minimum absolute atomic E-state index is 0.654. The molecular formula is C23H26N2O. The van der Waals surface area contributed by atoms with Crippen molar-refractivity contribution >= 4 is 10.9 Å². The quantitative estimate of drug-likeness (QED) is 0.753. The summed E-state index contributed by atoms with van der Waals surface area (Å²) in [6.45, 7) is 2.29. The van der Waals surface area contributed by atoms with Gasteiger partial charge in [-0.1, -0.05) is 30.3 Å². The number of H-pyrrole nitrogens is 1. The molecule has 0 bridgehead atoms. The summed E-state index contributed by atoms with van der Waals surface area (Å²) < 4.78 is 5.47. The maximum Gasteiger partial charge on any atom is 0.119 e. The van der Waals surface area contributed by atoms with Gasteiger partial charge in [0.25, 0.3) is 0 Å². The van der Waals surface area contributed by atoms with Crippen LogP contribution in [-0.2, 0) is 19.4 Å². The molecule has 1 N–H and O–H groups in total. The molecule has 3 heteroatoms. The maximum atomic E-state index is 5.47. The number of piperidine rings is 1. The van der Waals surface area contributed by atoms with E-state index in [4.69, 9.17) is 4.74 Å². The lowest BCUT2D eigenvalue weighted by Gasteiger charge is -2.44. The van der Waals surface area contributed by atoms with Crippen molar-refractivity contribution in [1.29, 1.82) is 0 Å². The molecule has 2 atom stereocenters. The van der Waals surface area contributed by atoms with E-state index in [1.165, 1.54) is 53.5 Å². The van der Waals surface area contributed by atoms with Gasteiger partial charge in [0.05, 0.1) is 7.11 Å². The smallest absolute Gasteiger partial charge is 0.119 e. The fourth-order valence-electron chi connectivity index (χ4n) is 5.05. The molecule has 1 aliphatic carbocycles. The molecule has 26 heavy (non-hydrogen) atoms. The lowest BCUT2D eigenvalue weighted by atomic mass is 9.77. The number of aromatic nitrogens is 1. The zero-order valence-electron chi connectivity index (χ0n) is 15.4. The summed E-state index contributed by atoms with van der Waals surface area (Å²) in [6, 6.07) is 18.0. The zero-order chi connectivity index (χ0) is 17.5. The molecule has 134 valence electrons. The summed E-state index contributed by atoms with van der Waals surface area (Å²) in [7, 11) is 1.75. The Morgan fingerprint density at radius 1 is 1.12 bits per heavy atom. The van der Waals surface area contributed by atoms with Gasteiger partial charge in [-0.25, -0.2) is 0 Å². The Morgan fingerprint density at radius 2 is 2.00 bits per heavy atom. The van der Waals surface area contributed by atoms with Crippen LogP contribution in [0.5, 0.6) is 5.75 Å². The first-order valence-corrected chi connectivity index (χ1v) is 9.77. The number of ether oxygens (including phenoxy) is 1. The summed E-state index contributed by atoms with van der Waals surface area (Å²) in [4.78, 5) is 6.42. The highest BCUT2D eigenvalue weighted by molar-refractivity contribution is 5.86. The highest BCUT2D eigenvalue weighted by atomic mass is 16.5. The number of methoxy groups -OCH3 is 1. The van der Waals surface area contributed by atoms with Crippen LogP contribution in [0.25, 0.3) is 10.9 Å². The standard InChI is InChI=1S/C23H26N2O/c1-26-18-9-10-21-19(13-18)20-14-23-17(12-22(20)24-21)8-5-11-25(23)15-16-6-3-2-4-7-16/h2-4,6-7,9-10,13,17,23-24H,5,8,11-12,14-15H2,1H3. The summed E-state index contributed by atoms with van der Waals surface area (Å²) in [5.41, 5.74) is 5.65. The Morgan fingerprint density at radius 3 is 2.85 bits per heavy atom. The highest BCUT2D eigenvalue weighted by Gasteiger charge is 2.36. The third-order valence-corrected chi connectivity index (χ3v) is 6.34. The van der Waals surface area contributed by atoms with Gasteiger partial charge in [-0.15, -0.1) is 0 Å². The zero-order valence-corrected chi connectivity index (χ0v) is 15.4. The molecule has 1 aromatic heterocycles. The predicted octanol–water partition coefficient (Wildman–Crippen LogP) is 4.56. The number of hydrogen-bond donors (Lipinski definition) is 1. The van der Waals surface area contributed by atoms with Crippen molar-refractivity contribution in [2.75, 3.05) is 13.7 Å². The Balaban J connectivity index is 1.48. The molecule has 2 unspecified atom stereocenters. The first-order chi connectivity index (χ1) is 12.8. The van der Waals surface area contributed by atoms with Crippen molar-refractivity contribution in [1.82, 2.24) is 9.88 Å². The van der Waals surface area contributed by atoms with Crippen LogP contribution in [0.3, 0.4) is 0 Å². The number of benzene rings is 2. The lowest BCUT2D eigenvalue weighted by molar-refractivity contribution is 0.0782. The van der Waals surface area contributed by atoms with Crippen molar-refractivity contribution in [2.45, 2.75) is 38.3 Å². The minimum atomic E-state index is 0.654. The molecule has 0 radical (unpaired) electrons. The SMILES string of the molecule is COc1ccc2[nH]c3c(c2c1)CC1C(CCCN1Cc1ccccc1)C3. The second kappa shape index (κ2) is 6.48. The van der Waals surface area contributed by atoms with E-state index in [-0.39, 0.29) is 0 Å². The molecule has 2 aliphatic rings. The van der Waals surface area contributed by atoms with Gasteiger partial charge in [0, 0.05) is 29.2 Å². The molecule has 1 fully saturated rings. The van der Waals surface area contributed by atoms with Crippen LogP contribution in [-0.4, -0.2) is 29.6 Å². The number of aromatic amines is 1. The average Bonchev–Trinajstić information content (AvgIpc) is 3.04. The molecule has 1 saturated heterocycles. The molecule has 3 nitrogen and oxygen atoms in total. The Kier molecular flexibility index (Phi) is 3.97. The predicted molar refractivity (Wildman–Crippen MR) is 106 cm³/mol. The van der Waals surface area contributed by atoms with Crippen LogP contribution in [0.2, 0.25) is 0 Å². The summed E-state index contributed by atoms with van der Waals surface area (Å²) >= 11 is 0. The Hall–Kier alpha value is -2.26. The van der Waals surface area contributed by atoms with E-state index in [1.807, 2.05) is 0 Å². The largest absolute Gasteiger partial charge is 0.497 e. The van der Waals surface area contributed by atoms with E-state index in [2.05, 4.69) is 58.4 Å². The van der Waals surface area contributed by atoms with Crippen LogP contribution in [0.15, 0.2) is 48.5 Å². The van der Waals surface area contributed by atoms with Gasteiger partial charge in [0.2, 0.25) is 0 Å². The summed E-state index contributed by atoms with van der Waals surface area (Å²) in [6.07, 6.45) is 5.01. The van der Waals surface area contributed by atoms with E-state index in [0.717, 1.165) is 24.6 Å². The molecule has 0 amide bonds. The van der Waals surface area contributed by atoms with Crippen LogP contribution in [0, 0.1) is 5.92 Å². The van der Waals surface area contributed by atoms with Crippen molar-refractivity contribution in [2.24, 2.45) is 5.92 Å². The van der Waals surface area contributed by atoms with Gasteiger partial charge in [-0.2, -0.15) is 0 Å². The van der Waals surface area contributed by atoms with Gasteiger partial charge in [-0.05, 0) is 67.5 Å². The molecule has 0 saturated carbocycles. The summed E-state index contributed by atoms with van der Waals surface area (Å²) in [5.74, 6) is 1.72. The minimum Gasteiger partial charge on any atom is -0.497 e. The number of fused-ring (bicyclic) bond motifs is 4. The topological polar surface area (TPSA) is 28.3 Å². The second-order valence-corrected chi connectivity index (χ2v) is 7.83. The Labute approximate surface area is 155 Å². The lowest BCUT2D eigenvalue weighted by Crippen LogP contribution is -2.48. The molecule has 2 heterocycles. The number of nitrogens with zero attached hydrogens (tertiary/aromatic N) is 1. The van der Waals surface area contributed by atoms with Gasteiger partial charge < -0.3 is 9.72 Å². The van der Waals surface area contributed by atoms with Gasteiger partial charge >= 0.3 is 0 Å². The monoisotopic (exact) mass is 346 g/mol. The van der Waals surface area contributed by atoms with Crippen LogP contribution in [0.1, 0.15) is 29.7 Å². The van der Waals surface area contributed by atoms with E-state index in [0.29, 0.717) is 6.04 Å². The van der Waals surface area contributed by atoms with E-state index < -0.39 is 0 Å². The molecule has 1 aliphatic heterocycles. The molecule has 0 spiro atoms. The fourth-order valence-corrected chi connectivity index (χ4v) is 5.05. The summed E-state index contributed by atoms with van der Waals surface area (Å²) in [5, 5.41) is 1.35. The Bertz CT molecular complexity index is 915. The van der Waals surface area contributed by atoms with Crippen LogP contribution < -0.4 is 4.74 Å². The average molecular weight is 346 g/mol. The first-order valence-electron chi connectivity index (χ1n) is 9.77. The van der Waals surface area contributed by atoms with Crippen molar-refractivity contribution in [3.05, 3.63) is 65.4 Å². The van der Waals surface area contributed by atoms with E-state index in [9.17, 15) is 0 Å². The van der Waals surface area contributed by atoms with Crippen LogP contribution in [0.4, 0.5) is 0 Å². The number of likely N-dealkylation sites (tertiary alicyclic amines) is 1. The van der Waals surface area contributed by atoms with Gasteiger partial charge in [0.15, 0.2) is 0 Å². The van der Waals surface area contributed by atoms with E-state index in [1.54, 1.807) is 7.11 Å². The van der Waals surface area contributed by atoms with Gasteiger partial charge in [0.1, 0.15) is 5.75 Å². The molecule has 3 aromatic rings. The fraction of sp³-hybridized carbons (Fsp3) is 0.391. The maximum absolute atomic E-state index is 5.47. The van der Waals surface area contributed by atoms with Crippen LogP contribution >= 0.6 is 0 Å². The third-order valence-electron chi connectivity index (χ3n) is 6.34. The molecule has 2 aromatic carbocycles. The van der Waals surface area contributed by atoms with Crippen molar-refractivity contribution in [3.63, 3.8) is 0 Å². The normalized spacial score (nSPS) is 22.8. The highest BCUT2D eigenvalue weighted by Crippen LogP contribution is 2.39. The molecule has 5 rings (SSSR count). The van der Waals surface area contributed by atoms with Gasteiger partial charge in [-0.3, -0.25) is 4.90 Å². The number of nitrogens with one attached hydrogen (secondary N) is 1. The van der Waals surface area contributed by atoms with Crippen molar-refractivity contribution < 1.29 is 4.74 Å². The first kappa shape index (κ1) is 16.0. The van der Waals surface area contributed by atoms with E-state index >= 15 is 0 Å². The number of rotatable bonds is 3. The second-order valence-electron chi connectivity index (χ2n) is 7.83. The molecular weight excluding hydrogens is 320 g/mol. The third kappa shape index (κ3) is 2.71.